The van der Waals surface area contributed by atoms with Gasteiger partial charge in [-0.25, -0.2) is 0 Å². The van der Waals surface area contributed by atoms with Crippen LogP contribution >= 0.6 is 67.5 Å². The van der Waals surface area contributed by atoms with Gasteiger partial charge in [0.2, 0.25) is 0 Å². The summed E-state index contributed by atoms with van der Waals surface area (Å²) in [6, 6.07) is 19.7. The van der Waals surface area contributed by atoms with E-state index in [1.807, 2.05) is 60.7 Å². The Morgan fingerprint density at radius 2 is 1.00 bits per heavy atom. The summed E-state index contributed by atoms with van der Waals surface area (Å²) in [5.41, 5.74) is 2.95. The second-order valence-corrected chi connectivity index (χ2v) is 10.7. The van der Waals surface area contributed by atoms with Gasteiger partial charge in [0.1, 0.15) is 0 Å². The number of hydrogen-bond acceptors (Lipinski definition) is 6. The molecule has 0 radical (unpaired) electrons. The Hall–Kier alpha value is -1.54. The smallest absolute Gasteiger partial charge is 0.254 e. The third kappa shape index (κ3) is 4.54. The third-order valence-corrected chi connectivity index (χ3v) is 9.43. The first-order chi connectivity index (χ1) is 14.6. The molecule has 0 saturated carbocycles. The van der Waals surface area contributed by atoms with Crippen LogP contribution in [0.25, 0.3) is 20.9 Å². The molecular formula is C22H12Cl2O2S4. The molecule has 30 heavy (non-hydrogen) atoms. The Morgan fingerprint density at radius 3 is 1.33 bits per heavy atom. The fraction of sp³-hybridized carbons (Fsp3) is 0. The highest BCUT2D eigenvalue weighted by atomic mass is 35.5. The van der Waals surface area contributed by atoms with Crippen LogP contribution in [0.2, 0.25) is 0 Å². The van der Waals surface area contributed by atoms with Gasteiger partial charge in [0, 0.05) is 30.3 Å². The van der Waals surface area contributed by atoms with Crippen LogP contribution in [0.1, 0.15) is 20.7 Å². The number of carbonyl (C=O) groups is 2. The fourth-order valence-corrected chi connectivity index (χ4v) is 8.81. The first-order valence-corrected chi connectivity index (χ1v) is 13.3. The SMILES string of the molecule is O=C(Cl)c1csc(-c2ccccc2)c1SSc1c(C(=O)Cl)csc1-c1ccccc1. The van der Waals surface area contributed by atoms with Gasteiger partial charge in [0.25, 0.3) is 10.5 Å². The molecule has 0 aliphatic carbocycles. The highest BCUT2D eigenvalue weighted by Gasteiger charge is 2.23. The van der Waals surface area contributed by atoms with Crippen LogP contribution in [0, 0.1) is 0 Å². The Bertz CT molecular complexity index is 1100. The van der Waals surface area contributed by atoms with Crippen molar-refractivity contribution < 1.29 is 9.59 Å². The molecule has 0 bridgehead atoms. The van der Waals surface area contributed by atoms with Gasteiger partial charge in [-0.2, -0.15) is 0 Å². The summed E-state index contributed by atoms with van der Waals surface area (Å²) in [6.45, 7) is 0. The van der Waals surface area contributed by atoms with Gasteiger partial charge in [-0.3, -0.25) is 9.59 Å². The van der Waals surface area contributed by atoms with Crippen molar-refractivity contribution in [2.75, 3.05) is 0 Å². The molecule has 0 spiro atoms. The van der Waals surface area contributed by atoms with Crippen LogP contribution in [0.3, 0.4) is 0 Å². The molecule has 8 heteroatoms. The van der Waals surface area contributed by atoms with Crippen LogP contribution in [0.5, 0.6) is 0 Å². The molecule has 2 nitrogen and oxygen atoms in total. The van der Waals surface area contributed by atoms with E-state index < -0.39 is 10.5 Å². The van der Waals surface area contributed by atoms with Crippen LogP contribution in [-0.2, 0) is 0 Å². The second kappa shape index (κ2) is 9.73. The molecule has 4 rings (SSSR count). The zero-order valence-electron chi connectivity index (χ0n) is 15.1. The normalized spacial score (nSPS) is 10.9. The largest absolute Gasteiger partial charge is 0.276 e. The highest BCUT2D eigenvalue weighted by molar-refractivity contribution is 8.76. The maximum atomic E-state index is 12.0. The molecule has 0 atom stereocenters. The van der Waals surface area contributed by atoms with Gasteiger partial charge < -0.3 is 0 Å². The molecule has 0 amide bonds. The molecule has 150 valence electrons. The van der Waals surface area contributed by atoms with Gasteiger partial charge in [-0.05, 0) is 34.3 Å². The lowest BCUT2D eigenvalue weighted by molar-refractivity contribution is 0.107. The predicted octanol–water partition coefficient (Wildman–Crippen LogP) is 8.70. The fourth-order valence-electron chi connectivity index (χ4n) is 2.79. The minimum atomic E-state index is -0.501. The van der Waals surface area contributed by atoms with Gasteiger partial charge in [-0.15, -0.1) is 22.7 Å². The highest BCUT2D eigenvalue weighted by Crippen LogP contribution is 2.51. The molecule has 0 aliphatic heterocycles. The van der Waals surface area contributed by atoms with Crippen LogP contribution in [0.15, 0.2) is 81.2 Å². The monoisotopic (exact) mass is 506 g/mol. The lowest BCUT2D eigenvalue weighted by Crippen LogP contribution is -1.90. The van der Waals surface area contributed by atoms with E-state index in [9.17, 15) is 9.59 Å². The summed E-state index contributed by atoms with van der Waals surface area (Å²) in [5, 5.41) is 2.55. The zero-order valence-corrected chi connectivity index (χ0v) is 19.9. The first kappa shape index (κ1) is 21.7. The molecule has 0 saturated heterocycles. The molecule has 4 aromatic rings. The Kier molecular flexibility index (Phi) is 7.03. The number of benzene rings is 2. The summed E-state index contributed by atoms with van der Waals surface area (Å²) < 4.78 is 0. The summed E-state index contributed by atoms with van der Waals surface area (Å²) in [7, 11) is 2.84. The molecule has 0 N–H and O–H groups in total. The van der Waals surface area contributed by atoms with Crippen molar-refractivity contribution in [3.8, 4) is 20.9 Å². The third-order valence-electron chi connectivity index (χ3n) is 4.19. The van der Waals surface area contributed by atoms with E-state index in [2.05, 4.69) is 0 Å². The average molecular weight is 508 g/mol. The minimum absolute atomic E-state index is 0.466. The van der Waals surface area contributed by atoms with Crippen molar-refractivity contribution in [2.45, 2.75) is 9.79 Å². The van der Waals surface area contributed by atoms with Crippen LogP contribution < -0.4 is 0 Å². The number of rotatable bonds is 7. The van der Waals surface area contributed by atoms with Crippen LogP contribution in [0.4, 0.5) is 0 Å². The van der Waals surface area contributed by atoms with Gasteiger partial charge in [-0.1, -0.05) is 82.3 Å². The van der Waals surface area contributed by atoms with Crippen LogP contribution in [-0.4, -0.2) is 10.5 Å². The summed E-state index contributed by atoms with van der Waals surface area (Å²) in [6.07, 6.45) is 0. The molecule has 2 aromatic heterocycles. The first-order valence-electron chi connectivity index (χ1n) is 8.64. The average Bonchev–Trinajstić information content (AvgIpc) is 3.38. The topological polar surface area (TPSA) is 34.1 Å². The number of halogens is 2. The Labute approximate surface area is 199 Å². The predicted molar refractivity (Wildman–Crippen MR) is 132 cm³/mol. The maximum absolute atomic E-state index is 12.0. The standard InChI is InChI=1S/C22H12Cl2O2S4/c23-21(25)15-11-27-17(13-7-3-1-4-8-13)19(15)29-30-20-16(22(24)26)12-28-18(20)14-9-5-2-6-10-14/h1-12H. The maximum Gasteiger partial charge on any atom is 0.254 e. The lowest BCUT2D eigenvalue weighted by atomic mass is 10.2. The molecule has 0 aliphatic rings. The molecular weight excluding hydrogens is 495 g/mol. The van der Waals surface area contributed by atoms with Crippen molar-refractivity contribution in [2.24, 2.45) is 0 Å². The van der Waals surface area contributed by atoms with E-state index in [1.54, 1.807) is 10.8 Å². The molecule has 0 unspecified atom stereocenters. The molecule has 2 aromatic carbocycles. The van der Waals surface area contributed by atoms with Crippen molar-refractivity contribution in [3.63, 3.8) is 0 Å². The van der Waals surface area contributed by atoms with E-state index in [0.717, 1.165) is 30.7 Å². The van der Waals surface area contributed by atoms with Crippen molar-refractivity contribution in [1.29, 1.82) is 0 Å². The van der Waals surface area contributed by atoms with Crippen molar-refractivity contribution in [1.82, 2.24) is 0 Å². The van der Waals surface area contributed by atoms with E-state index in [-0.39, 0.29) is 0 Å². The Balaban J connectivity index is 1.74. The summed E-state index contributed by atoms with van der Waals surface area (Å²) in [4.78, 5) is 27.5. The Morgan fingerprint density at radius 1 is 0.633 bits per heavy atom. The van der Waals surface area contributed by atoms with Crippen molar-refractivity contribution >= 4 is 77.9 Å². The molecule has 0 fully saturated rings. The lowest BCUT2D eigenvalue weighted by Gasteiger charge is -2.08. The van der Waals surface area contributed by atoms with E-state index in [0.29, 0.717) is 11.1 Å². The van der Waals surface area contributed by atoms with E-state index in [1.165, 1.54) is 44.3 Å². The summed E-state index contributed by atoms with van der Waals surface area (Å²) in [5.74, 6) is 0. The van der Waals surface area contributed by atoms with Crippen molar-refractivity contribution in [3.05, 3.63) is 82.6 Å². The summed E-state index contributed by atoms with van der Waals surface area (Å²) >= 11 is 14.7. The van der Waals surface area contributed by atoms with E-state index >= 15 is 0 Å². The molecule has 2 heterocycles. The number of thiophene rings is 2. The van der Waals surface area contributed by atoms with E-state index in [4.69, 9.17) is 23.2 Å². The second-order valence-electron chi connectivity index (χ2n) is 6.06. The minimum Gasteiger partial charge on any atom is -0.276 e. The number of hydrogen-bond donors (Lipinski definition) is 0. The van der Waals surface area contributed by atoms with Gasteiger partial charge >= 0.3 is 0 Å². The number of carbonyl (C=O) groups excluding carboxylic acids is 2. The quantitative estimate of drug-likeness (QED) is 0.185. The zero-order chi connectivity index (χ0) is 21.1. The van der Waals surface area contributed by atoms with Gasteiger partial charge in [0.15, 0.2) is 0 Å². The van der Waals surface area contributed by atoms with Gasteiger partial charge in [0.05, 0.1) is 11.1 Å².